The molecule has 0 saturated heterocycles. The Kier molecular flexibility index (Phi) is 3.95. The summed E-state index contributed by atoms with van der Waals surface area (Å²) in [5.41, 5.74) is 6.94. The molecule has 1 amide bonds. The van der Waals surface area contributed by atoms with Crippen molar-refractivity contribution in [1.82, 2.24) is 5.43 Å². The molecule has 0 atom stereocenters. The maximum absolute atomic E-state index is 12.4. The number of benzene rings is 1. The monoisotopic (exact) mass is 260 g/mol. The quantitative estimate of drug-likeness (QED) is 0.488. The molecule has 1 aromatic carbocycles. The largest absolute Gasteiger partial charge is 0.293 e. The SMILES string of the molecule is Cc1ccc(C2(C(=O)NN)CCCCC2)c(C)c1C. The zero-order valence-corrected chi connectivity index (χ0v) is 12.2. The summed E-state index contributed by atoms with van der Waals surface area (Å²) in [5, 5.41) is 0. The van der Waals surface area contributed by atoms with Crippen molar-refractivity contribution < 1.29 is 4.79 Å². The van der Waals surface area contributed by atoms with Gasteiger partial charge in [0.15, 0.2) is 0 Å². The van der Waals surface area contributed by atoms with Crippen molar-refractivity contribution in [3.8, 4) is 0 Å². The van der Waals surface area contributed by atoms with Crippen molar-refractivity contribution in [2.24, 2.45) is 5.84 Å². The number of rotatable bonds is 2. The van der Waals surface area contributed by atoms with Crippen LogP contribution >= 0.6 is 0 Å². The molecule has 1 fully saturated rings. The Morgan fingerprint density at radius 2 is 1.74 bits per heavy atom. The first-order valence-corrected chi connectivity index (χ1v) is 7.11. The molecule has 3 heteroatoms. The Labute approximate surface area is 115 Å². The molecule has 1 aromatic rings. The van der Waals surface area contributed by atoms with Gasteiger partial charge in [0, 0.05) is 0 Å². The van der Waals surface area contributed by atoms with Gasteiger partial charge in [0.05, 0.1) is 5.41 Å². The first kappa shape index (κ1) is 14.1. The van der Waals surface area contributed by atoms with Crippen molar-refractivity contribution >= 4 is 5.91 Å². The average molecular weight is 260 g/mol. The molecular weight excluding hydrogens is 236 g/mol. The standard InChI is InChI=1S/C16H24N2O/c1-11-7-8-14(13(3)12(11)2)16(15(19)18-17)9-5-4-6-10-16/h7-8H,4-6,9-10,17H2,1-3H3,(H,18,19). The van der Waals surface area contributed by atoms with Gasteiger partial charge in [-0.25, -0.2) is 5.84 Å². The molecule has 0 bridgehead atoms. The van der Waals surface area contributed by atoms with Gasteiger partial charge in [-0.05, 0) is 55.9 Å². The predicted octanol–water partition coefficient (Wildman–Crippen LogP) is 2.80. The number of carbonyl (C=O) groups excluding carboxylic acids is 1. The van der Waals surface area contributed by atoms with Crippen LogP contribution in [0.3, 0.4) is 0 Å². The summed E-state index contributed by atoms with van der Waals surface area (Å²) in [7, 11) is 0. The number of carbonyl (C=O) groups is 1. The summed E-state index contributed by atoms with van der Waals surface area (Å²) >= 11 is 0. The number of nitrogens with one attached hydrogen (secondary N) is 1. The highest BCUT2D eigenvalue weighted by molar-refractivity contribution is 5.88. The van der Waals surface area contributed by atoms with Gasteiger partial charge < -0.3 is 0 Å². The third kappa shape index (κ3) is 2.27. The van der Waals surface area contributed by atoms with Crippen molar-refractivity contribution in [2.45, 2.75) is 58.3 Å². The van der Waals surface area contributed by atoms with Gasteiger partial charge in [0.1, 0.15) is 0 Å². The summed E-state index contributed by atoms with van der Waals surface area (Å²) in [6.45, 7) is 6.37. The van der Waals surface area contributed by atoms with E-state index >= 15 is 0 Å². The van der Waals surface area contributed by atoms with E-state index in [9.17, 15) is 4.79 Å². The molecule has 0 radical (unpaired) electrons. The van der Waals surface area contributed by atoms with E-state index in [1.165, 1.54) is 28.7 Å². The van der Waals surface area contributed by atoms with Gasteiger partial charge in [0.25, 0.3) is 0 Å². The fraction of sp³-hybridized carbons (Fsp3) is 0.562. The zero-order chi connectivity index (χ0) is 14.0. The smallest absolute Gasteiger partial charge is 0.244 e. The minimum absolute atomic E-state index is 0.0291. The lowest BCUT2D eigenvalue weighted by molar-refractivity contribution is -0.128. The van der Waals surface area contributed by atoms with Crippen LogP contribution in [0, 0.1) is 20.8 Å². The minimum atomic E-state index is -0.421. The van der Waals surface area contributed by atoms with Crippen LogP contribution in [0.1, 0.15) is 54.4 Å². The number of hydrogen-bond acceptors (Lipinski definition) is 2. The van der Waals surface area contributed by atoms with E-state index in [2.05, 4.69) is 38.3 Å². The predicted molar refractivity (Wildman–Crippen MR) is 77.7 cm³/mol. The minimum Gasteiger partial charge on any atom is -0.293 e. The molecule has 0 aliphatic heterocycles. The van der Waals surface area contributed by atoms with Crippen LogP contribution in [0.4, 0.5) is 0 Å². The van der Waals surface area contributed by atoms with Crippen LogP contribution in [0.5, 0.6) is 0 Å². The summed E-state index contributed by atoms with van der Waals surface area (Å²) in [4.78, 5) is 12.4. The lowest BCUT2D eigenvalue weighted by Crippen LogP contribution is -2.48. The van der Waals surface area contributed by atoms with Crippen LogP contribution in [0.2, 0.25) is 0 Å². The molecule has 1 saturated carbocycles. The Balaban J connectivity index is 2.56. The third-order valence-corrected chi connectivity index (χ3v) is 4.85. The van der Waals surface area contributed by atoms with Crippen LogP contribution in [0.25, 0.3) is 0 Å². The molecule has 2 rings (SSSR count). The summed E-state index contributed by atoms with van der Waals surface area (Å²) < 4.78 is 0. The van der Waals surface area contributed by atoms with Crippen LogP contribution in [0.15, 0.2) is 12.1 Å². The van der Waals surface area contributed by atoms with Gasteiger partial charge in [-0.15, -0.1) is 0 Å². The van der Waals surface area contributed by atoms with E-state index in [-0.39, 0.29) is 5.91 Å². The number of amides is 1. The topological polar surface area (TPSA) is 55.1 Å². The van der Waals surface area contributed by atoms with Gasteiger partial charge in [0.2, 0.25) is 5.91 Å². The normalized spacial score (nSPS) is 18.1. The van der Waals surface area contributed by atoms with Crippen molar-refractivity contribution in [3.05, 3.63) is 34.4 Å². The molecule has 0 unspecified atom stereocenters. The molecule has 104 valence electrons. The highest BCUT2D eigenvalue weighted by Crippen LogP contribution is 2.41. The molecule has 3 nitrogen and oxygen atoms in total. The second kappa shape index (κ2) is 5.33. The summed E-state index contributed by atoms with van der Waals surface area (Å²) in [6.07, 6.45) is 5.21. The van der Waals surface area contributed by atoms with E-state index in [4.69, 9.17) is 5.84 Å². The molecule has 19 heavy (non-hydrogen) atoms. The zero-order valence-electron chi connectivity index (χ0n) is 12.2. The summed E-state index contributed by atoms with van der Waals surface area (Å²) in [5.74, 6) is 5.41. The van der Waals surface area contributed by atoms with E-state index in [0.717, 1.165) is 25.7 Å². The molecule has 0 heterocycles. The first-order valence-electron chi connectivity index (χ1n) is 7.11. The van der Waals surface area contributed by atoms with Gasteiger partial charge >= 0.3 is 0 Å². The van der Waals surface area contributed by atoms with Crippen LogP contribution in [-0.2, 0) is 10.2 Å². The Hall–Kier alpha value is -1.35. The highest BCUT2D eigenvalue weighted by atomic mass is 16.2. The van der Waals surface area contributed by atoms with Crippen molar-refractivity contribution in [1.29, 1.82) is 0 Å². The number of nitrogens with two attached hydrogens (primary N) is 1. The maximum Gasteiger partial charge on any atom is 0.244 e. The molecule has 3 N–H and O–H groups in total. The third-order valence-electron chi connectivity index (χ3n) is 4.85. The first-order chi connectivity index (χ1) is 9.03. The fourth-order valence-electron chi connectivity index (χ4n) is 3.39. The van der Waals surface area contributed by atoms with Crippen molar-refractivity contribution in [3.63, 3.8) is 0 Å². The lowest BCUT2D eigenvalue weighted by atomic mass is 9.67. The van der Waals surface area contributed by atoms with Crippen molar-refractivity contribution in [2.75, 3.05) is 0 Å². The number of hydrazine groups is 1. The second-order valence-electron chi connectivity index (χ2n) is 5.80. The van der Waals surface area contributed by atoms with E-state index in [1.807, 2.05) is 0 Å². The molecule has 1 aliphatic carbocycles. The molecule has 0 aromatic heterocycles. The number of hydrogen-bond donors (Lipinski definition) is 2. The Morgan fingerprint density at radius 1 is 1.11 bits per heavy atom. The lowest BCUT2D eigenvalue weighted by Gasteiger charge is -2.37. The van der Waals surface area contributed by atoms with E-state index in [0.29, 0.717) is 0 Å². The number of aryl methyl sites for hydroxylation is 1. The molecule has 0 spiro atoms. The average Bonchev–Trinajstić information content (AvgIpc) is 2.44. The van der Waals surface area contributed by atoms with Crippen LogP contribution in [-0.4, -0.2) is 5.91 Å². The second-order valence-corrected chi connectivity index (χ2v) is 5.80. The summed E-state index contributed by atoms with van der Waals surface area (Å²) in [6, 6.07) is 4.25. The van der Waals surface area contributed by atoms with E-state index < -0.39 is 5.41 Å². The highest BCUT2D eigenvalue weighted by Gasteiger charge is 2.41. The van der Waals surface area contributed by atoms with Gasteiger partial charge in [-0.2, -0.15) is 0 Å². The van der Waals surface area contributed by atoms with Gasteiger partial charge in [-0.3, -0.25) is 10.2 Å². The van der Waals surface area contributed by atoms with Gasteiger partial charge in [-0.1, -0.05) is 31.4 Å². The molecule has 1 aliphatic rings. The Bertz CT molecular complexity index is 488. The van der Waals surface area contributed by atoms with E-state index in [1.54, 1.807) is 0 Å². The Morgan fingerprint density at radius 3 is 2.32 bits per heavy atom. The van der Waals surface area contributed by atoms with Crippen LogP contribution < -0.4 is 11.3 Å². The molecular formula is C16H24N2O. The maximum atomic E-state index is 12.4. The fourth-order valence-corrected chi connectivity index (χ4v) is 3.39.